The Kier molecular flexibility index (Phi) is 6.25. The second kappa shape index (κ2) is 9.06. The van der Waals surface area contributed by atoms with Crippen molar-refractivity contribution in [1.82, 2.24) is 14.6 Å². The van der Waals surface area contributed by atoms with Crippen LogP contribution in [0.4, 0.5) is 5.69 Å². The standard InChI is InChI=1S/C23H23ClN4OS/c1-3-4-5-16-6-9-18(10-7-16)25-22(29)14-30-23-27-26-21-12-15(2)19-13-17(24)8-11-20(19)28(21)23/h6-13H,3-5,14H2,1-2H3,(H,25,29). The smallest absolute Gasteiger partial charge is 0.234 e. The van der Waals surface area contributed by atoms with Gasteiger partial charge in [-0.05, 0) is 67.3 Å². The summed E-state index contributed by atoms with van der Waals surface area (Å²) in [4.78, 5) is 12.5. The minimum absolute atomic E-state index is 0.0717. The number of rotatable bonds is 7. The van der Waals surface area contributed by atoms with E-state index >= 15 is 0 Å². The first kappa shape index (κ1) is 20.7. The number of fused-ring (bicyclic) bond motifs is 3. The summed E-state index contributed by atoms with van der Waals surface area (Å²) in [5, 5.41) is 13.9. The van der Waals surface area contributed by atoms with Crippen LogP contribution in [-0.2, 0) is 11.2 Å². The minimum Gasteiger partial charge on any atom is -0.325 e. The Balaban J connectivity index is 1.48. The number of halogens is 1. The largest absolute Gasteiger partial charge is 0.325 e. The minimum atomic E-state index is -0.0717. The molecule has 4 rings (SSSR count). The number of amides is 1. The van der Waals surface area contributed by atoms with Crippen LogP contribution >= 0.6 is 23.4 Å². The van der Waals surface area contributed by atoms with Crippen LogP contribution in [0.5, 0.6) is 0 Å². The zero-order valence-electron chi connectivity index (χ0n) is 17.0. The Morgan fingerprint density at radius 2 is 1.93 bits per heavy atom. The van der Waals surface area contributed by atoms with E-state index < -0.39 is 0 Å². The molecule has 5 nitrogen and oxygen atoms in total. The van der Waals surface area contributed by atoms with Crippen molar-refractivity contribution in [1.29, 1.82) is 0 Å². The molecule has 0 unspecified atom stereocenters. The Morgan fingerprint density at radius 1 is 1.13 bits per heavy atom. The Labute approximate surface area is 184 Å². The molecule has 0 atom stereocenters. The van der Waals surface area contributed by atoms with Gasteiger partial charge in [0.25, 0.3) is 0 Å². The summed E-state index contributed by atoms with van der Waals surface area (Å²) >= 11 is 7.54. The third-order valence-corrected chi connectivity index (χ3v) is 6.18. The molecule has 2 aromatic heterocycles. The molecule has 0 aliphatic heterocycles. The fourth-order valence-corrected chi connectivity index (χ4v) is 4.37. The van der Waals surface area contributed by atoms with Gasteiger partial charge in [-0.3, -0.25) is 9.20 Å². The van der Waals surface area contributed by atoms with Crippen molar-refractivity contribution >= 4 is 51.5 Å². The van der Waals surface area contributed by atoms with Gasteiger partial charge in [0.1, 0.15) is 0 Å². The zero-order chi connectivity index (χ0) is 21.1. The Hall–Kier alpha value is -2.57. The van der Waals surface area contributed by atoms with Crippen molar-refractivity contribution in [2.24, 2.45) is 0 Å². The number of carbonyl (C=O) groups is 1. The van der Waals surface area contributed by atoms with E-state index in [0.717, 1.165) is 34.2 Å². The number of nitrogens with zero attached hydrogens (tertiary/aromatic N) is 3. The number of aromatic nitrogens is 3. The van der Waals surface area contributed by atoms with Gasteiger partial charge >= 0.3 is 0 Å². The van der Waals surface area contributed by atoms with Gasteiger partial charge in [0.15, 0.2) is 10.8 Å². The highest BCUT2D eigenvalue weighted by Crippen LogP contribution is 2.28. The Bertz CT molecular complexity index is 1200. The first-order valence-corrected chi connectivity index (χ1v) is 11.4. The predicted octanol–water partition coefficient (Wildman–Crippen LogP) is 5.92. The van der Waals surface area contributed by atoms with Gasteiger partial charge in [0.2, 0.25) is 5.91 Å². The number of thioether (sulfide) groups is 1. The summed E-state index contributed by atoms with van der Waals surface area (Å²) in [5.41, 5.74) is 4.92. The molecule has 2 heterocycles. The van der Waals surface area contributed by atoms with E-state index in [1.54, 1.807) is 0 Å². The van der Waals surface area contributed by atoms with Crippen LogP contribution in [0.1, 0.15) is 30.9 Å². The summed E-state index contributed by atoms with van der Waals surface area (Å²) in [7, 11) is 0. The van der Waals surface area contributed by atoms with Gasteiger partial charge in [-0.25, -0.2) is 0 Å². The highest BCUT2D eigenvalue weighted by atomic mass is 35.5. The van der Waals surface area contributed by atoms with Crippen molar-refractivity contribution in [3.05, 3.63) is 64.7 Å². The third-order valence-electron chi connectivity index (χ3n) is 5.02. The molecule has 4 aromatic rings. The highest BCUT2D eigenvalue weighted by Gasteiger charge is 2.13. The van der Waals surface area contributed by atoms with E-state index in [4.69, 9.17) is 11.6 Å². The summed E-state index contributed by atoms with van der Waals surface area (Å²) in [6, 6.07) is 15.8. The average molecular weight is 439 g/mol. The lowest BCUT2D eigenvalue weighted by Gasteiger charge is -2.08. The number of unbranched alkanes of at least 4 members (excludes halogenated alkanes) is 1. The van der Waals surface area contributed by atoms with Gasteiger partial charge in [-0.15, -0.1) is 10.2 Å². The summed E-state index contributed by atoms with van der Waals surface area (Å²) in [6.45, 7) is 4.21. The summed E-state index contributed by atoms with van der Waals surface area (Å²) < 4.78 is 1.97. The van der Waals surface area contributed by atoms with Crippen LogP contribution in [0.2, 0.25) is 5.02 Å². The van der Waals surface area contributed by atoms with E-state index in [2.05, 4.69) is 34.6 Å². The van der Waals surface area contributed by atoms with Crippen LogP contribution in [0, 0.1) is 6.92 Å². The maximum atomic E-state index is 12.5. The molecule has 1 N–H and O–H groups in total. The van der Waals surface area contributed by atoms with Crippen LogP contribution < -0.4 is 5.32 Å². The maximum absolute atomic E-state index is 12.5. The van der Waals surface area contributed by atoms with E-state index in [1.165, 1.54) is 30.2 Å². The lowest BCUT2D eigenvalue weighted by Crippen LogP contribution is -2.14. The topological polar surface area (TPSA) is 59.3 Å². The average Bonchev–Trinajstić information content (AvgIpc) is 3.14. The molecule has 30 heavy (non-hydrogen) atoms. The molecule has 0 radical (unpaired) electrons. The number of anilines is 1. The van der Waals surface area contributed by atoms with Crippen LogP contribution in [0.25, 0.3) is 16.6 Å². The number of carbonyl (C=O) groups excluding carboxylic acids is 1. The quantitative estimate of drug-likeness (QED) is 0.364. The monoisotopic (exact) mass is 438 g/mol. The van der Waals surface area contributed by atoms with Gasteiger partial charge in [0, 0.05) is 16.1 Å². The van der Waals surface area contributed by atoms with Crippen molar-refractivity contribution < 1.29 is 4.79 Å². The van der Waals surface area contributed by atoms with Gasteiger partial charge < -0.3 is 5.32 Å². The van der Waals surface area contributed by atoms with Gasteiger partial charge in [0.05, 0.1) is 11.3 Å². The lowest BCUT2D eigenvalue weighted by molar-refractivity contribution is -0.113. The molecule has 0 saturated heterocycles. The molecular weight excluding hydrogens is 416 g/mol. The number of pyridine rings is 1. The zero-order valence-corrected chi connectivity index (χ0v) is 18.6. The second-order valence-corrected chi connectivity index (χ2v) is 8.68. The summed E-state index contributed by atoms with van der Waals surface area (Å²) in [5.74, 6) is 0.180. The van der Waals surface area contributed by atoms with Crippen LogP contribution in [0.15, 0.2) is 53.7 Å². The fourth-order valence-electron chi connectivity index (χ4n) is 3.45. The molecule has 0 spiro atoms. The summed E-state index contributed by atoms with van der Waals surface area (Å²) in [6.07, 6.45) is 3.42. The molecule has 0 bridgehead atoms. The molecule has 1 amide bonds. The number of aryl methyl sites for hydroxylation is 2. The maximum Gasteiger partial charge on any atom is 0.234 e. The van der Waals surface area contributed by atoms with E-state index in [1.807, 2.05) is 47.7 Å². The molecule has 0 aliphatic rings. The van der Waals surface area contributed by atoms with E-state index in [-0.39, 0.29) is 11.7 Å². The fraction of sp³-hybridized carbons (Fsp3) is 0.261. The van der Waals surface area contributed by atoms with E-state index in [0.29, 0.717) is 10.2 Å². The van der Waals surface area contributed by atoms with Crippen molar-refractivity contribution in [3.63, 3.8) is 0 Å². The first-order chi connectivity index (χ1) is 14.5. The normalized spacial score (nSPS) is 11.3. The third kappa shape index (κ3) is 4.45. The van der Waals surface area contributed by atoms with Gasteiger partial charge in [-0.2, -0.15) is 0 Å². The van der Waals surface area contributed by atoms with Crippen molar-refractivity contribution in [2.75, 3.05) is 11.1 Å². The number of benzene rings is 2. The predicted molar refractivity (Wildman–Crippen MR) is 125 cm³/mol. The second-order valence-electron chi connectivity index (χ2n) is 7.30. The molecule has 2 aromatic carbocycles. The molecule has 0 fully saturated rings. The van der Waals surface area contributed by atoms with Crippen molar-refractivity contribution in [3.8, 4) is 0 Å². The number of nitrogens with one attached hydrogen (secondary N) is 1. The van der Waals surface area contributed by atoms with Gasteiger partial charge in [-0.1, -0.05) is 48.8 Å². The number of hydrogen-bond acceptors (Lipinski definition) is 4. The highest BCUT2D eigenvalue weighted by molar-refractivity contribution is 7.99. The molecule has 154 valence electrons. The Morgan fingerprint density at radius 3 is 2.70 bits per heavy atom. The van der Waals surface area contributed by atoms with Crippen molar-refractivity contribution in [2.45, 2.75) is 38.3 Å². The lowest BCUT2D eigenvalue weighted by atomic mass is 10.1. The molecule has 0 saturated carbocycles. The SMILES string of the molecule is CCCCc1ccc(NC(=O)CSc2nnc3cc(C)c4cc(Cl)ccc4n23)cc1. The number of hydrogen-bond donors (Lipinski definition) is 1. The molecule has 0 aliphatic carbocycles. The van der Waals surface area contributed by atoms with E-state index in [9.17, 15) is 4.79 Å². The molecule has 7 heteroatoms. The molecular formula is C23H23ClN4OS. The van der Waals surface area contributed by atoms with Crippen LogP contribution in [0.3, 0.4) is 0 Å². The van der Waals surface area contributed by atoms with Crippen LogP contribution in [-0.4, -0.2) is 26.3 Å². The first-order valence-electron chi connectivity index (χ1n) is 10.0.